The number of rotatable bonds is 1. The summed E-state index contributed by atoms with van der Waals surface area (Å²) >= 11 is 3.18. The first-order valence-electron chi connectivity index (χ1n) is 4.61. The predicted octanol–water partition coefficient (Wildman–Crippen LogP) is 2.96. The molecule has 0 unspecified atom stereocenters. The van der Waals surface area contributed by atoms with Gasteiger partial charge in [-0.25, -0.2) is 4.39 Å². The molecule has 0 saturated carbocycles. The van der Waals surface area contributed by atoms with E-state index in [-0.39, 0.29) is 5.82 Å². The molecule has 1 saturated heterocycles. The third kappa shape index (κ3) is 2.22. The molecule has 1 aromatic carbocycles. The Labute approximate surface area is 91.1 Å². The average Bonchev–Trinajstić information content (AvgIpc) is 2.64. The molecule has 0 atom stereocenters. The van der Waals surface area contributed by atoms with Gasteiger partial charge in [0, 0.05) is 6.54 Å². The molecule has 1 aromatic rings. The Morgan fingerprint density at radius 1 is 1.43 bits per heavy atom. The third-order valence-electron chi connectivity index (χ3n) is 2.29. The number of hydrogen-bond acceptors (Lipinski definition) is 1. The van der Waals surface area contributed by atoms with Gasteiger partial charge in [0.25, 0.3) is 0 Å². The van der Waals surface area contributed by atoms with Gasteiger partial charge < -0.3 is 5.32 Å². The Hall–Kier alpha value is -0.670. The summed E-state index contributed by atoms with van der Waals surface area (Å²) in [4.78, 5) is 0. The highest BCUT2D eigenvalue weighted by Crippen LogP contribution is 2.19. The molecule has 1 N–H and O–H groups in total. The Morgan fingerprint density at radius 3 is 2.93 bits per heavy atom. The van der Waals surface area contributed by atoms with Crippen LogP contribution in [0, 0.1) is 5.82 Å². The van der Waals surface area contributed by atoms with Crippen LogP contribution in [0.4, 0.5) is 4.39 Å². The number of benzene rings is 1. The van der Waals surface area contributed by atoms with Gasteiger partial charge in [-0.3, -0.25) is 0 Å². The first kappa shape index (κ1) is 9.87. The van der Waals surface area contributed by atoms with Gasteiger partial charge in [-0.1, -0.05) is 17.7 Å². The van der Waals surface area contributed by atoms with Crippen LogP contribution < -0.4 is 5.32 Å². The van der Waals surface area contributed by atoms with Crippen molar-refractivity contribution in [2.45, 2.75) is 6.42 Å². The van der Waals surface area contributed by atoms with Crippen LogP contribution in [0.15, 0.2) is 28.2 Å². The second kappa shape index (κ2) is 4.24. The zero-order valence-electron chi connectivity index (χ0n) is 7.69. The normalized spacial score (nSPS) is 19.1. The molecule has 2 rings (SSSR count). The highest BCUT2D eigenvalue weighted by atomic mass is 79.9. The summed E-state index contributed by atoms with van der Waals surface area (Å²) in [5.74, 6) is -0.211. The van der Waals surface area contributed by atoms with Crippen LogP contribution in [0.3, 0.4) is 0 Å². The molecule has 3 heteroatoms. The highest BCUT2D eigenvalue weighted by Gasteiger charge is 2.05. The van der Waals surface area contributed by atoms with E-state index in [2.05, 4.69) is 27.3 Å². The maximum Gasteiger partial charge on any atom is 0.137 e. The minimum Gasteiger partial charge on any atom is -0.313 e. The van der Waals surface area contributed by atoms with E-state index in [1.807, 2.05) is 0 Å². The van der Waals surface area contributed by atoms with Crippen LogP contribution >= 0.6 is 15.9 Å². The monoisotopic (exact) mass is 255 g/mol. The van der Waals surface area contributed by atoms with E-state index in [0.717, 1.165) is 25.1 Å². The Kier molecular flexibility index (Phi) is 2.99. The first-order chi connectivity index (χ1) is 6.75. The fourth-order valence-electron chi connectivity index (χ4n) is 1.55. The summed E-state index contributed by atoms with van der Waals surface area (Å²) in [5, 5.41) is 3.26. The van der Waals surface area contributed by atoms with E-state index < -0.39 is 0 Å². The van der Waals surface area contributed by atoms with Crippen molar-refractivity contribution in [3.8, 4) is 0 Å². The topological polar surface area (TPSA) is 12.0 Å². The van der Waals surface area contributed by atoms with Crippen LogP contribution in [0.1, 0.15) is 12.0 Å². The van der Waals surface area contributed by atoms with Crippen molar-refractivity contribution in [2.75, 3.05) is 13.1 Å². The summed E-state index contributed by atoms with van der Waals surface area (Å²) in [7, 11) is 0. The Morgan fingerprint density at radius 2 is 2.29 bits per heavy atom. The van der Waals surface area contributed by atoms with Gasteiger partial charge in [0.2, 0.25) is 0 Å². The lowest BCUT2D eigenvalue weighted by atomic mass is 10.1. The minimum atomic E-state index is -0.211. The predicted molar refractivity (Wildman–Crippen MR) is 59.6 cm³/mol. The smallest absolute Gasteiger partial charge is 0.137 e. The second-order valence-electron chi connectivity index (χ2n) is 3.40. The summed E-state index contributed by atoms with van der Waals surface area (Å²) in [5.41, 5.74) is 2.43. The standard InChI is InChI=1S/C11H11BrFN/c12-10-6-8(1-2-11(10)13)5-9-3-4-14-7-9/h1-2,5-6,14H,3-4,7H2/b9-5-. The van der Waals surface area contributed by atoms with E-state index in [1.165, 1.54) is 11.6 Å². The molecule has 0 aliphatic carbocycles. The van der Waals surface area contributed by atoms with E-state index in [0.29, 0.717) is 4.47 Å². The van der Waals surface area contributed by atoms with Gasteiger partial charge in [-0.2, -0.15) is 0 Å². The average molecular weight is 256 g/mol. The van der Waals surface area contributed by atoms with Gasteiger partial charge in [-0.15, -0.1) is 0 Å². The summed E-state index contributed by atoms with van der Waals surface area (Å²) in [6, 6.07) is 5.09. The molecule has 0 aromatic heterocycles. The largest absolute Gasteiger partial charge is 0.313 e. The molecule has 74 valence electrons. The van der Waals surface area contributed by atoms with Crippen LogP contribution in [-0.4, -0.2) is 13.1 Å². The van der Waals surface area contributed by atoms with Gasteiger partial charge in [0.15, 0.2) is 0 Å². The summed E-state index contributed by atoms with van der Waals surface area (Å²) in [6.07, 6.45) is 3.21. The molecule has 0 radical (unpaired) electrons. The van der Waals surface area contributed by atoms with Crippen LogP contribution in [-0.2, 0) is 0 Å². The van der Waals surface area contributed by atoms with Crippen molar-refractivity contribution in [1.82, 2.24) is 5.32 Å². The first-order valence-corrected chi connectivity index (χ1v) is 5.40. The lowest BCUT2D eigenvalue weighted by molar-refractivity contribution is 0.621. The summed E-state index contributed by atoms with van der Waals surface area (Å²) in [6.45, 7) is 2.00. The Bertz CT molecular complexity index is 366. The van der Waals surface area contributed by atoms with Crippen molar-refractivity contribution in [3.63, 3.8) is 0 Å². The van der Waals surface area contributed by atoms with Gasteiger partial charge in [0.1, 0.15) is 5.82 Å². The molecule has 1 aliphatic rings. The fourth-order valence-corrected chi connectivity index (χ4v) is 1.94. The summed E-state index contributed by atoms with van der Waals surface area (Å²) < 4.78 is 13.5. The lowest BCUT2D eigenvalue weighted by Crippen LogP contribution is -2.04. The van der Waals surface area contributed by atoms with Crippen LogP contribution in [0.25, 0.3) is 6.08 Å². The minimum absolute atomic E-state index is 0.211. The van der Waals surface area contributed by atoms with Gasteiger partial charge >= 0.3 is 0 Å². The van der Waals surface area contributed by atoms with E-state index in [1.54, 1.807) is 12.1 Å². The fraction of sp³-hybridized carbons (Fsp3) is 0.273. The van der Waals surface area contributed by atoms with Gasteiger partial charge in [0.05, 0.1) is 4.47 Å². The lowest BCUT2D eigenvalue weighted by Gasteiger charge is -1.99. The molecule has 1 fully saturated rings. The zero-order chi connectivity index (χ0) is 9.97. The third-order valence-corrected chi connectivity index (χ3v) is 2.90. The van der Waals surface area contributed by atoms with Crippen molar-refractivity contribution in [3.05, 3.63) is 39.6 Å². The van der Waals surface area contributed by atoms with Crippen LogP contribution in [0.2, 0.25) is 0 Å². The maximum absolute atomic E-state index is 12.9. The molecular weight excluding hydrogens is 245 g/mol. The van der Waals surface area contributed by atoms with Crippen molar-refractivity contribution >= 4 is 22.0 Å². The molecule has 0 amide bonds. The van der Waals surface area contributed by atoms with E-state index in [4.69, 9.17) is 0 Å². The highest BCUT2D eigenvalue weighted by molar-refractivity contribution is 9.10. The van der Waals surface area contributed by atoms with Gasteiger partial charge in [-0.05, 0) is 46.6 Å². The van der Waals surface area contributed by atoms with E-state index >= 15 is 0 Å². The number of nitrogens with one attached hydrogen (secondary N) is 1. The van der Waals surface area contributed by atoms with Crippen molar-refractivity contribution in [2.24, 2.45) is 0 Å². The quantitative estimate of drug-likeness (QED) is 0.814. The maximum atomic E-state index is 12.9. The SMILES string of the molecule is Fc1ccc(/C=C2/CCNC2)cc1Br. The molecular formula is C11H11BrFN. The number of hydrogen-bond donors (Lipinski definition) is 1. The number of halogens is 2. The van der Waals surface area contributed by atoms with Crippen LogP contribution in [0.5, 0.6) is 0 Å². The molecule has 1 nitrogen and oxygen atoms in total. The molecule has 1 heterocycles. The van der Waals surface area contributed by atoms with Crippen molar-refractivity contribution < 1.29 is 4.39 Å². The molecule has 0 bridgehead atoms. The molecule has 14 heavy (non-hydrogen) atoms. The molecule has 0 spiro atoms. The molecule has 1 aliphatic heterocycles. The van der Waals surface area contributed by atoms with E-state index in [9.17, 15) is 4.39 Å². The second-order valence-corrected chi connectivity index (χ2v) is 4.26. The zero-order valence-corrected chi connectivity index (χ0v) is 9.27. The van der Waals surface area contributed by atoms with Crippen molar-refractivity contribution in [1.29, 1.82) is 0 Å². The Balaban J connectivity index is 2.24.